The molecule has 0 heterocycles. The molecule has 0 amide bonds. The van der Waals surface area contributed by atoms with Gasteiger partial charge in [-0.3, -0.25) is 0 Å². The van der Waals surface area contributed by atoms with E-state index in [-0.39, 0.29) is 18.8 Å². The summed E-state index contributed by atoms with van der Waals surface area (Å²) in [6.07, 6.45) is -2.91. The number of ether oxygens (including phenoxy) is 1. The van der Waals surface area contributed by atoms with Crippen LogP contribution >= 0.6 is 0 Å². The van der Waals surface area contributed by atoms with E-state index >= 15 is 0 Å². The van der Waals surface area contributed by atoms with Gasteiger partial charge < -0.3 is 9.53 Å². The second-order valence-corrected chi connectivity index (χ2v) is 4.13. The lowest BCUT2D eigenvalue weighted by atomic mass is 9.79. The molecule has 2 heteroatoms. The Morgan fingerprint density at radius 1 is 1.35 bits per heavy atom. The van der Waals surface area contributed by atoms with Crippen LogP contribution in [0.2, 0.25) is 0 Å². The van der Waals surface area contributed by atoms with Crippen LogP contribution < -0.4 is 4.74 Å². The summed E-state index contributed by atoms with van der Waals surface area (Å²) >= 11 is 0. The number of hydrogen-bond donors (Lipinski definition) is 0. The Morgan fingerprint density at radius 3 is 2.53 bits per heavy atom. The van der Waals surface area contributed by atoms with Crippen LogP contribution in [0.25, 0.3) is 0 Å². The van der Waals surface area contributed by atoms with Gasteiger partial charge in [0.05, 0.1) is 6.61 Å². The van der Waals surface area contributed by atoms with Crippen molar-refractivity contribution in [3.05, 3.63) is 29.8 Å². The summed E-state index contributed by atoms with van der Waals surface area (Å²) in [6.45, 7) is 2.48. The van der Waals surface area contributed by atoms with E-state index in [1.54, 1.807) is 0 Å². The van der Waals surface area contributed by atoms with Crippen molar-refractivity contribution in [2.75, 3.05) is 6.61 Å². The Kier molecular flexibility index (Phi) is 2.72. The van der Waals surface area contributed by atoms with Crippen molar-refractivity contribution in [3.8, 4) is 5.75 Å². The van der Waals surface area contributed by atoms with Gasteiger partial charge in [-0.25, -0.2) is 0 Å². The van der Waals surface area contributed by atoms with Crippen molar-refractivity contribution >= 4 is 6.29 Å². The smallest absolute Gasteiger partial charge is 0.123 e. The molecule has 92 valence electrons. The fourth-order valence-corrected chi connectivity index (χ4v) is 2.02. The van der Waals surface area contributed by atoms with Crippen LogP contribution in [0.15, 0.2) is 24.3 Å². The first-order valence-electron chi connectivity index (χ1n) is 7.98. The van der Waals surface area contributed by atoms with E-state index in [0.29, 0.717) is 12.9 Å². The van der Waals surface area contributed by atoms with E-state index in [0.717, 1.165) is 11.3 Å². The molecule has 0 N–H and O–H groups in total. The number of carbonyl (C=O) groups is 1. The predicted octanol–water partition coefficient (Wildman–Crippen LogP) is 3.56. The average molecular weight is 236 g/mol. The molecule has 1 aliphatic rings. The van der Waals surface area contributed by atoms with Crippen molar-refractivity contribution < 1.29 is 15.0 Å². The minimum absolute atomic E-state index is 0.157. The average Bonchev–Trinajstić information content (AvgIpc) is 2.37. The second-order valence-electron chi connectivity index (χ2n) is 4.13. The normalized spacial score (nSPS) is 33.7. The maximum absolute atomic E-state index is 11.1. The molecule has 2 nitrogen and oxygen atoms in total. The van der Waals surface area contributed by atoms with E-state index in [1.807, 2.05) is 31.2 Å². The zero-order valence-corrected chi connectivity index (χ0v) is 9.98. The Bertz CT molecular complexity index is 481. The summed E-state index contributed by atoms with van der Waals surface area (Å²) in [4.78, 5) is 11.1. The molecule has 0 radical (unpaired) electrons. The molecule has 1 aliphatic carbocycles. The van der Waals surface area contributed by atoms with Crippen LogP contribution in [0.5, 0.6) is 5.75 Å². The third kappa shape index (κ3) is 3.09. The van der Waals surface area contributed by atoms with Gasteiger partial charge in [0.15, 0.2) is 0 Å². The first-order chi connectivity index (χ1) is 9.80. The molecule has 1 aromatic carbocycles. The standard InChI is InChI=1S/C15H20O2/c1-2-17-15-9-7-14(8-10-15)13-5-3-12(11-16)4-6-13/h7-13H,2-6H2,1H3/i3D2,4D2. The van der Waals surface area contributed by atoms with Crippen molar-refractivity contribution in [1.82, 2.24) is 0 Å². The first-order valence-corrected chi connectivity index (χ1v) is 5.98. The lowest BCUT2D eigenvalue weighted by Gasteiger charge is -2.25. The predicted molar refractivity (Wildman–Crippen MR) is 68.4 cm³/mol. The zero-order chi connectivity index (χ0) is 15.7. The summed E-state index contributed by atoms with van der Waals surface area (Å²) in [5.41, 5.74) is 0.885. The number of hydrogen-bond acceptors (Lipinski definition) is 2. The van der Waals surface area contributed by atoms with E-state index in [9.17, 15) is 4.79 Å². The van der Waals surface area contributed by atoms with Crippen LogP contribution in [-0.4, -0.2) is 12.9 Å². The first kappa shape index (κ1) is 7.91. The van der Waals surface area contributed by atoms with Gasteiger partial charge in [-0.2, -0.15) is 0 Å². The van der Waals surface area contributed by atoms with Crippen molar-refractivity contribution in [1.29, 1.82) is 0 Å². The van der Waals surface area contributed by atoms with Crippen molar-refractivity contribution in [3.63, 3.8) is 0 Å². The molecule has 2 rings (SSSR count). The molecule has 0 saturated heterocycles. The summed E-state index contributed by atoms with van der Waals surface area (Å²) in [6, 6.07) is 7.33. The molecule has 1 fully saturated rings. The fraction of sp³-hybridized carbons (Fsp3) is 0.533. The highest BCUT2D eigenvalue weighted by molar-refractivity contribution is 5.53. The highest BCUT2D eigenvalue weighted by Gasteiger charge is 2.21. The van der Waals surface area contributed by atoms with Gasteiger partial charge in [-0.1, -0.05) is 12.1 Å². The van der Waals surface area contributed by atoms with Crippen LogP contribution in [-0.2, 0) is 4.79 Å². The third-order valence-electron chi connectivity index (χ3n) is 2.97. The van der Waals surface area contributed by atoms with Crippen LogP contribution in [0, 0.1) is 5.92 Å². The largest absolute Gasteiger partial charge is 0.494 e. The number of aldehydes is 1. The van der Waals surface area contributed by atoms with Gasteiger partial charge in [-0.15, -0.1) is 0 Å². The summed E-state index contributed by atoms with van der Waals surface area (Å²) < 4.78 is 37.4. The molecule has 17 heavy (non-hydrogen) atoms. The second kappa shape index (κ2) is 5.85. The van der Waals surface area contributed by atoms with Crippen LogP contribution in [0.3, 0.4) is 0 Å². The van der Waals surface area contributed by atoms with Gasteiger partial charge in [0.1, 0.15) is 12.0 Å². The molecule has 0 aromatic heterocycles. The Balaban J connectivity index is 2.23. The Morgan fingerprint density at radius 2 is 2.00 bits per heavy atom. The minimum Gasteiger partial charge on any atom is -0.494 e. The summed E-state index contributed by atoms with van der Waals surface area (Å²) in [5, 5.41) is 0. The van der Waals surface area contributed by atoms with Crippen LogP contribution in [0.1, 0.15) is 49.5 Å². The van der Waals surface area contributed by atoms with Crippen LogP contribution in [0.4, 0.5) is 0 Å². The molecular weight excluding hydrogens is 212 g/mol. The van der Waals surface area contributed by atoms with Gasteiger partial charge in [0.2, 0.25) is 0 Å². The molecule has 0 bridgehead atoms. The maximum Gasteiger partial charge on any atom is 0.123 e. The van der Waals surface area contributed by atoms with E-state index < -0.39 is 18.7 Å². The zero-order valence-electron chi connectivity index (χ0n) is 14.0. The molecule has 1 aromatic rings. The van der Waals surface area contributed by atoms with Gasteiger partial charge in [0, 0.05) is 11.4 Å². The molecule has 0 atom stereocenters. The number of benzene rings is 1. The third-order valence-corrected chi connectivity index (χ3v) is 2.97. The highest BCUT2D eigenvalue weighted by atomic mass is 16.5. The van der Waals surface area contributed by atoms with Crippen molar-refractivity contribution in [2.24, 2.45) is 5.92 Å². The van der Waals surface area contributed by atoms with E-state index in [1.165, 1.54) is 0 Å². The quantitative estimate of drug-likeness (QED) is 0.747. The van der Waals surface area contributed by atoms with Gasteiger partial charge in [0.25, 0.3) is 0 Å². The molecule has 0 unspecified atom stereocenters. The highest BCUT2D eigenvalue weighted by Crippen LogP contribution is 2.35. The van der Waals surface area contributed by atoms with Gasteiger partial charge >= 0.3 is 0 Å². The number of rotatable bonds is 4. The van der Waals surface area contributed by atoms with Crippen molar-refractivity contribution in [2.45, 2.75) is 38.4 Å². The molecule has 0 aliphatic heterocycles. The van der Waals surface area contributed by atoms with E-state index in [4.69, 9.17) is 10.2 Å². The lowest BCUT2D eigenvalue weighted by molar-refractivity contribution is -0.111. The molecular formula is C15H20O2. The lowest BCUT2D eigenvalue weighted by Crippen LogP contribution is -2.14. The molecule has 1 saturated carbocycles. The monoisotopic (exact) mass is 236 g/mol. The van der Waals surface area contributed by atoms with Gasteiger partial charge in [-0.05, 0) is 56.1 Å². The Hall–Kier alpha value is -1.31. The molecule has 0 spiro atoms. The summed E-state index contributed by atoms with van der Waals surface area (Å²) in [7, 11) is 0. The Labute approximate surface area is 109 Å². The minimum atomic E-state index is -1.83. The SMILES string of the molecule is [2H]C1([2H])CC(c2ccc(OCC)cc2)CC([2H])([2H])C1C=O. The summed E-state index contributed by atoms with van der Waals surface area (Å²) in [5.74, 6) is -0.695. The fourth-order valence-electron chi connectivity index (χ4n) is 2.02. The maximum atomic E-state index is 11.1. The topological polar surface area (TPSA) is 26.3 Å². The van der Waals surface area contributed by atoms with E-state index in [2.05, 4.69) is 0 Å². The number of carbonyl (C=O) groups excluding carboxylic acids is 1.